The average Bonchev–Trinajstić information content (AvgIpc) is 2.81. The largest absolute Gasteiger partial charge is 0.449 e. The van der Waals surface area contributed by atoms with Gasteiger partial charge in [0.25, 0.3) is 5.56 Å². The van der Waals surface area contributed by atoms with Crippen LogP contribution < -0.4 is 10.9 Å². The second kappa shape index (κ2) is 7.83. The maximum absolute atomic E-state index is 12.1. The number of hydrogen-bond acceptors (Lipinski definition) is 4. The predicted octanol–water partition coefficient (Wildman–Crippen LogP) is 2.98. The van der Waals surface area contributed by atoms with Crippen molar-refractivity contribution < 1.29 is 9.53 Å². The summed E-state index contributed by atoms with van der Waals surface area (Å²) in [7, 11) is 0. The Kier molecular flexibility index (Phi) is 5.80. The first-order valence-electron chi connectivity index (χ1n) is 7.22. The molecule has 1 aromatic heterocycles. The monoisotopic (exact) mass is 308 g/mol. The SMILES string of the molecule is CCCCNC(=O)OCCCn1sc2ccccc2c1=O. The number of aryl methyl sites for hydroxylation is 1. The van der Waals surface area contributed by atoms with Crippen LogP contribution in [0, 0.1) is 0 Å². The molecule has 0 bridgehead atoms. The van der Waals surface area contributed by atoms with Crippen molar-refractivity contribution in [3.05, 3.63) is 34.6 Å². The summed E-state index contributed by atoms with van der Waals surface area (Å²) < 4.78 is 7.76. The normalized spacial score (nSPS) is 10.7. The highest BCUT2D eigenvalue weighted by Gasteiger charge is 2.06. The number of amides is 1. The standard InChI is InChI=1S/C15H20N2O3S/c1-2-3-9-16-15(19)20-11-6-10-17-14(18)12-7-4-5-8-13(12)21-17/h4-5,7-8H,2-3,6,9-11H2,1H3,(H,16,19). The molecule has 0 spiro atoms. The molecule has 1 heterocycles. The number of ether oxygens (including phenoxy) is 1. The third-order valence-corrected chi connectivity index (χ3v) is 4.21. The number of benzene rings is 1. The van der Waals surface area contributed by atoms with Crippen molar-refractivity contribution in [2.45, 2.75) is 32.7 Å². The molecule has 0 aliphatic rings. The molecule has 0 saturated carbocycles. The van der Waals surface area contributed by atoms with Gasteiger partial charge in [-0.3, -0.25) is 8.75 Å². The molecule has 5 nitrogen and oxygen atoms in total. The summed E-state index contributed by atoms with van der Waals surface area (Å²) in [6, 6.07) is 7.56. The number of unbranched alkanes of at least 4 members (excludes halogenated alkanes) is 1. The van der Waals surface area contributed by atoms with Crippen molar-refractivity contribution in [2.75, 3.05) is 13.2 Å². The second-order valence-corrected chi connectivity index (χ2v) is 5.83. The minimum atomic E-state index is -0.382. The van der Waals surface area contributed by atoms with Crippen LogP contribution in [0.5, 0.6) is 0 Å². The first-order valence-corrected chi connectivity index (χ1v) is 7.99. The highest BCUT2D eigenvalue weighted by Crippen LogP contribution is 2.15. The lowest BCUT2D eigenvalue weighted by atomic mass is 10.3. The molecular formula is C15H20N2O3S. The van der Waals surface area contributed by atoms with Gasteiger partial charge in [0.15, 0.2) is 0 Å². The number of nitrogens with zero attached hydrogens (tertiary/aromatic N) is 1. The van der Waals surface area contributed by atoms with E-state index in [0.29, 0.717) is 26.1 Å². The summed E-state index contributed by atoms with van der Waals surface area (Å²) in [5, 5.41) is 3.44. The third kappa shape index (κ3) is 4.32. The average molecular weight is 308 g/mol. The molecule has 0 radical (unpaired) electrons. The van der Waals surface area contributed by atoms with E-state index in [2.05, 4.69) is 12.2 Å². The van der Waals surface area contributed by atoms with E-state index in [0.717, 1.165) is 22.9 Å². The van der Waals surface area contributed by atoms with Gasteiger partial charge < -0.3 is 10.1 Å². The van der Waals surface area contributed by atoms with Gasteiger partial charge in [0.2, 0.25) is 0 Å². The predicted molar refractivity (Wildman–Crippen MR) is 85.0 cm³/mol. The van der Waals surface area contributed by atoms with Crippen molar-refractivity contribution in [1.29, 1.82) is 0 Å². The second-order valence-electron chi connectivity index (χ2n) is 4.76. The fourth-order valence-corrected chi connectivity index (χ4v) is 2.99. The topological polar surface area (TPSA) is 60.3 Å². The Morgan fingerprint density at radius 1 is 1.33 bits per heavy atom. The highest BCUT2D eigenvalue weighted by molar-refractivity contribution is 7.13. The maximum Gasteiger partial charge on any atom is 0.407 e. The molecule has 21 heavy (non-hydrogen) atoms. The molecule has 0 fully saturated rings. The zero-order valence-corrected chi connectivity index (χ0v) is 12.9. The van der Waals surface area contributed by atoms with Gasteiger partial charge in [-0.15, -0.1) is 0 Å². The molecule has 1 amide bonds. The van der Waals surface area contributed by atoms with E-state index >= 15 is 0 Å². The number of nitrogens with one attached hydrogen (secondary N) is 1. The summed E-state index contributed by atoms with van der Waals surface area (Å²) in [4.78, 5) is 23.4. The summed E-state index contributed by atoms with van der Waals surface area (Å²) in [6.45, 7) is 3.60. The lowest BCUT2D eigenvalue weighted by Gasteiger charge is -2.06. The van der Waals surface area contributed by atoms with Gasteiger partial charge >= 0.3 is 6.09 Å². The van der Waals surface area contributed by atoms with E-state index < -0.39 is 0 Å². The van der Waals surface area contributed by atoms with Crippen molar-refractivity contribution in [3.63, 3.8) is 0 Å². The van der Waals surface area contributed by atoms with E-state index in [1.807, 2.05) is 24.3 Å². The number of carbonyl (C=O) groups is 1. The Hall–Kier alpha value is -1.82. The summed E-state index contributed by atoms with van der Waals surface area (Å²) in [5.41, 5.74) is 0.0306. The summed E-state index contributed by atoms with van der Waals surface area (Å²) in [5.74, 6) is 0. The number of alkyl carbamates (subject to hydrolysis) is 1. The molecule has 6 heteroatoms. The van der Waals surface area contributed by atoms with E-state index in [9.17, 15) is 9.59 Å². The van der Waals surface area contributed by atoms with Gasteiger partial charge in [-0.2, -0.15) is 0 Å². The molecule has 0 saturated heterocycles. The van der Waals surface area contributed by atoms with Crippen LogP contribution in [0.3, 0.4) is 0 Å². The molecule has 1 aromatic carbocycles. The van der Waals surface area contributed by atoms with Crippen LogP contribution in [0.4, 0.5) is 4.79 Å². The van der Waals surface area contributed by atoms with Crippen molar-refractivity contribution in [3.8, 4) is 0 Å². The zero-order valence-electron chi connectivity index (χ0n) is 12.1. The van der Waals surface area contributed by atoms with Crippen LogP contribution in [0.1, 0.15) is 26.2 Å². The Morgan fingerprint density at radius 3 is 2.90 bits per heavy atom. The number of hydrogen-bond donors (Lipinski definition) is 1. The Balaban J connectivity index is 1.76. The molecule has 114 valence electrons. The Labute approximate surface area is 127 Å². The molecule has 2 rings (SSSR count). The molecule has 0 aliphatic heterocycles. The van der Waals surface area contributed by atoms with Gasteiger partial charge in [0.05, 0.1) is 16.7 Å². The van der Waals surface area contributed by atoms with Gasteiger partial charge in [-0.05, 0) is 18.6 Å². The van der Waals surface area contributed by atoms with Crippen LogP contribution in [0.15, 0.2) is 29.1 Å². The van der Waals surface area contributed by atoms with Gasteiger partial charge in [0, 0.05) is 19.5 Å². The van der Waals surface area contributed by atoms with Gasteiger partial charge in [-0.25, -0.2) is 4.79 Å². The summed E-state index contributed by atoms with van der Waals surface area (Å²) >= 11 is 1.45. The number of fused-ring (bicyclic) bond motifs is 1. The van der Waals surface area contributed by atoms with Crippen LogP contribution in [-0.2, 0) is 11.3 Å². The first-order chi connectivity index (χ1) is 10.2. The Morgan fingerprint density at radius 2 is 2.14 bits per heavy atom. The minimum Gasteiger partial charge on any atom is -0.449 e. The number of aromatic nitrogens is 1. The van der Waals surface area contributed by atoms with Crippen LogP contribution in [0.25, 0.3) is 10.1 Å². The van der Waals surface area contributed by atoms with E-state index in [4.69, 9.17) is 4.74 Å². The fraction of sp³-hybridized carbons (Fsp3) is 0.467. The smallest absolute Gasteiger partial charge is 0.407 e. The number of carbonyl (C=O) groups excluding carboxylic acids is 1. The zero-order chi connectivity index (χ0) is 15.1. The third-order valence-electron chi connectivity index (χ3n) is 3.09. The maximum atomic E-state index is 12.1. The van der Waals surface area contributed by atoms with E-state index in [1.165, 1.54) is 11.5 Å². The Bertz CT molecular complexity index is 648. The van der Waals surface area contributed by atoms with Gasteiger partial charge in [0.1, 0.15) is 0 Å². The van der Waals surface area contributed by atoms with E-state index in [1.54, 1.807) is 3.96 Å². The van der Waals surface area contributed by atoms with Crippen molar-refractivity contribution in [2.24, 2.45) is 0 Å². The minimum absolute atomic E-state index is 0.0306. The highest BCUT2D eigenvalue weighted by atomic mass is 32.1. The first kappa shape index (κ1) is 15.6. The molecule has 0 unspecified atom stereocenters. The van der Waals surface area contributed by atoms with Crippen LogP contribution >= 0.6 is 11.5 Å². The molecule has 0 atom stereocenters. The van der Waals surface area contributed by atoms with Gasteiger partial charge in [-0.1, -0.05) is 37.0 Å². The van der Waals surface area contributed by atoms with Crippen LogP contribution in [-0.4, -0.2) is 23.2 Å². The fourth-order valence-electron chi connectivity index (χ4n) is 1.96. The molecule has 0 aliphatic carbocycles. The van der Waals surface area contributed by atoms with Crippen molar-refractivity contribution in [1.82, 2.24) is 9.27 Å². The lowest BCUT2D eigenvalue weighted by Crippen LogP contribution is -2.26. The van der Waals surface area contributed by atoms with Crippen molar-refractivity contribution >= 4 is 27.7 Å². The summed E-state index contributed by atoms with van der Waals surface area (Å²) in [6.07, 6.45) is 2.24. The quantitative estimate of drug-likeness (QED) is 0.800. The molecule has 2 aromatic rings. The lowest BCUT2D eigenvalue weighted by molar-refractivity contribution is 0.143. The molecule has 1 N–H and O–H groups in total. The molecular weight excluding hydrogens is 288 g/mol. The van der Waals surface area contributed by atoms with E-state index in [-0.39, 0.29) is 11.7 Å². The van der Waals surface area contributed by atoms with Crippen LogP contribution in [0.2, 0.25) is 0 Å². The number of rotatable bonds is 7.